The summed E-state index contributed by atoms with van der Waals surface area (Å²) >= 11 is 3.02. The lowest BCUT2D eigenvalue weighted by atomic mass is 10.2. The number of hydrogen-bond donors (Lipinski definition) is 1. The molecule has 0 atom stereocenters. The molecule has 146 valence electrons. The molecule has 5 nitrogen and oxygen atoms in total. The van der Waals surface area contributed by atoms with Crippen LogP contribution in [-0.4, -0.2) is 27.4 Å². The largest absolute Gasteiger partial charge is 0.318 e. The highest BCUT2D eigenvalue weighted by atomic mass is 32.2. The first kappa shape index (κ1) is 19.4. The van der Waals surface area contributed by atoms with E-state index in [0.717, 1.165) is 37.2 Å². The quantitative estimate of drug-likeness (QED) is 0.273. The van der Waals surface area contributed by atoms with Crippen LogP contribution in [0.25, 0.3) is 15.9 Å². The van der Waals surface area contributed by atoms with Gasteiger partial charge in [-0.1, -0.05) is 42.1 Å². The molecule has 29 heavy (non-hydrogen) atoms. The Labute approximate surface area is 177 Å². The van der Waals surface area contributed by atoms with E-state index in [0.29, 0.717) is 0 Å². The molecule has 0 bridgehead atoms. The number of nitrogens with zero attached hydrogens (tertiary/aromatic N) is 3. The van der Waals surface area contributed by atoms with Crippen molar-refractivity contribution in [3.63, 3.8) is 0 Å². The van der Waals surface area contributed by atoms with Gasteiger partial charge in [0.1, 0.15) is 0 Å². The first-order valence-corrected chi connectivity index (χ1v) is 11.0. The van der Waals surface area contributed by atoms with Crippen LogP contribution in [0.5, 0.6) is 0 Å². The monoisotopic (exact) mass is 420 g/mol. The number of para-hydroxylation sites is 2. The molecule has 1 amide bonds. The molecule has 1 N–H and O–H groups in total. The third-order valence-corrected chi connectivity index (χ3v) is 6.66. The molecule has 2 heterocycles. The van der Waals surface area contributed by atoms with Crippen molar-refractivity contribution in [1.29, 1.82) is 0 Å². The summed E-state index contributed by atoms with van der Waals surface area (Å²) in [7, 11) is 0. The van der Waals surface area contributed by atoms with E-state index in [-0.39, 0.29) is 11.7 Å². The molecular weight excluding hydrogens is 400 g/mol. The molecule has 0 spiro atoms. The molecule has 2 aromatic carbocycles. The molecule has 0 radical (unpaired) electrons. The maximum absolute atomic E-state index is 12.1. The Bertz CT molecular complexity index is 1150. The number of aromatic nitrogens is 2. The van der Waals surface area contributed by atoms with Crippen LogP contribution in [0.4, 0.5) is 0 Å². The van der Waals surface area contributed by atoms with E-state index in [2.05, 4.69) is 45.2 Å². The van der Waals surface area contributed by atoms with E-state index in [1.165, 1.54) is 11.8 Å². The molecule has 7 heteroatoms. The Morgan fingerprint density at radius 3 is 2.72 bits per heavy atom. The molecule has 4 aromatic rings. The van der Waals surface area contributed by atoms with Crippen LogP contribution in [0.1, 0.15) is 17.0 Å². The van der Waals surface area contributed by atoms with Crippen LogP contribution >= 0.6 is 23.1 Å². The topological polar surface area (TPSA) is 59.3 Å². The van der Waals surface area contributed by atoms with E-state index in [4.69, 9.17) is 0 Å². The second kappa shape index (κ2) is 8.63. The molecule has 0 unspecified atom stereocenters. The van der Waals surface area contributed by atoms with Gasteiger partial charge in [0.25, 0.3) is 5.91 Å². The van der Waals surface area contributed by atoms with Crippen molar-refractivity contribution < 1.29 is 4.79 Å². The fourth-order valence-corrected chi connectivity index (χ4v) is 5.00. The smallest absolute Gasteiger partial charge is 0.250 e. The van der Waals surface area contributed by atoms with Crippen LogP contribution in [-0.2, 0) is 4.79 Å². The second-order valence-corrected chi connectivity index (χ2v) is 8.78. The Kier molecular flexibility index (Phi) is 5.78. The van der Waals surface area contributed by atoms with Gasteiger partial charge >= 0.3 is 0 Å². The number of amides is 1. The minimum Gasteiger partial charge on any atom is -0.318 e. The van der Waals surface area contributed by atoms with Crippen molar-refractivity contribution in [2.75, 3.05) is 5.75 Å². The second-order valence-electron chi connectivity index (χ2n) is 6.53. The van der Waals surface area contributed by atoms with Gasteiger partial charge in [0.05, 0.1) is 22.2 Å². The van der Waals surface area contributed by atoms with Crippen molar-refractivity contribution in [3.05, 3.63) is 77.6 Å². The van der Waals surface area contributed by atoms with Crippen LogP contribution < -0.4 is 5.43 Å². The maximum atomic E-state index is 12.1. The zero-order valence-electron chi connectivity index (χ0n) is 16.1. The van der Waals surface area contributed by atoms with E-state index >= 15 is 0 Å². The fourth-order valence-electron chi connectivity index (χ4n) is 3.14. The van der Waals surface area contributed by atoms with Gasteiger partial charge in [0, 0.05) is 22.6 Å². The summed E-state index contributed by atoms with van der Waals surface area (Å²) in [4.78, 5) is 16.7. The van der Waals surface area contributed by atoms with Crippen LogP contribution in [0.2, 0.25) is 0 Å². The Hall–Kier alpha value is -2.90. The van der Waals surface area contributed by atoms with Crippen molar-refractivity contribution in [2.24, 2.45) is 5.10 Å². The highest BCUT2D eigenvalue weighted by molar-refractivity contribution is 8.01. The average molecular weight is 421 g/mol. The van der Waals surface area contributed by atoms with E-state index < -0.39 is 0 Å². The van der Waals surface area contributed by atoms with Crippen molar-refractivity contribution in [2.45, 2.75) is 18.2 Å². The van der Waals surface area contributed by atoms with E-state index in [9.17, 15) is 4.79 Å². The Morgan fingerprint density at radius 1 is 1.17 bits per heavy atom. The summed E-state index contributed by atoms with van der Waals surface area (Å²) in [5.41, 5.74) is 7.86. The Morgan fingerprint density at radius 2 is 1.93 bits per heavy atom. The molecule has 4 rings (SSSR count). The number of carbonyl (C=O) groups excluding carboxylic acids is 1. The number of nitrogens with one attached hydrogen (secondary N) is 1. The number of carbonyl (C=O) groups is 1. The van der Waals surface area contributed by atoms with E-state index in [1.54, 1.807) is 17.6 Å². The van der Waals surface area contributed by atoms with E-state index in [1.807, 2.05) is 49.4 Å². The summed E-state index contributed by atoms with van der Waals surface area (Å²) in [6.45, 7) is 4.11. The Balaban J connectivity index is 1.37. The normalized spacial score (nSPS) is 11.4. The predicted octanol–water partition coefficient (Wildman–Crippen LogP) is 4.95. The van der Waals surface area contributed by atoms with Gasteiger partial charge in [-0.05, 0) is 44.2 Å². The van der Waals surface area contributed by atoms with Gasteiger partial charge in [0.15, 0.2) is 4.34 Å². The molecule has 0 aliphatic heterocycles. The summed E-state index contributed by atoms with van der Waals surface area (Å²) in [5.74, 6) is 0.127. The van der Waals surface area contributed by atoms with Crippen molar-refractivity contribution >= 4 is 45.4 Å². The number of aryl methyl sites for hydroxylation is 1. The summed E-state index contributed by atoms with van der Waals surface area (Å²) in [6.07, 6.45) is 1.70. The number of hydrazone groups is 1. The van der Waals surface area contributed by atoms with Crippen molar-refractivity contribution in [3.8, 4) is 5.69 Å². The standard InChI is InChI=1S/C22H20N4OS2/c1-15-12-17(16(2)26(15)18-8-4-3-5-9-18)13-23-25-21(27)14-28-22-24-19-10-6-7-11-20(19)29-22/h3-13H,14H2,1-2H3,(H,25,27)/b23-13+. The highest BCUT2D eigenvalue weighted by Crippen LogP contribution is 2.29. The fraction of sp³-hybridized carbons (Fsp3) is 0.136. The average Bonchev–Trinajstić information content (AvgIpc) is 3.27. The first-order chi connectivity index (χ1) is 14.1. The van der Waals surface area contributed by atoms with Gasteiger partial charge in [-0.15, -0.1) is 11.3 Å². The molecular formula is C22H20N4OS2. The number of benzene rings is 2. The van der Waals surface area contributed by atoms with Gasteiger partial charge in [-0.3, -0.25) is 4.79 Å². The van der Waals surface area contributed by atoms with Crippen LogP contribution in [0.15, 0.2) is 70.1 Å². The number of fused-ring (bicyclic) bond motifs is 1. The number of rotatable bonds is 6. The summed E-state index contributed by atoms with van der Waals surface area (Å²) in [6, 6.07) is 20.2. The van der Waals surface area contributed by atoms with Gasteiger partial charge < -0.3 is 4.57 Å². The van der Waals surface area contributed by atoms with Crippen LogP contribution in [0, 0.1) is 13.8 Å². The minimum atomic E-state index is -0.151. The number of thiazole rings is 1. The molecule has 0 aliphatic rings. The van der Waals surface area contributed by atoms with Gasteiger partial charge in [-0.25, -0.2) is 10.4 Å². The molecule has 2 aromatic heterocycles. The third kappa shape index (κ3) is 4.41. The number of thioether (sulfide) groups is 1. The first-order valence-electron chi connectivity index (χ1n) is 9.16. The SMILES string of the molecule is Cc1cc(/C=N/NC(=O)CSc2nc3ccccc3s2)c(C)n1-c1ccccc1. The van der Waals surface area contributed by atoms with Gasteiger partial charge in [0.2, 0.25) is 0 Å². The molecule has 0 saturated heterocycles. The van der Waals surface area contributed by atoms with Gasteiger partial charge in [-0.2, -0.15) is 5.10 Å². The molecule has 0 fully saturated rings. The lowest BCUT2D eigenvalue weighted by Crippen LogP contribution is -2.19. The summed E-state index contributed by atoms with van der Waals surface area (Å²) in [5, 5.41) is 4.14. The summed E-state index contributed by atoms with van der Waals surface area (Å²) < 4.78 is 4.19. The lowest BCUT2D eigenvalue weighted by Gasteiger charge is -2.08. The minimum absolute atomic E-state index is 0.151. The van der Waals surface area contributed by atoms with Crippen molar-refractivity contribution in [1.82, 2.24) is 15.0 Å². The third-order valence-electron chi connectivity index (χ3n) is 4.48. The maximum Gasteiger partial charge on any atom is 0.250 e. The molecule has 0 aliphatic carbocycles. The zero-order chi connectivity index (χ0) is 20.2. The highest BCUT2D eigenvalue weighted by Gasteiger charge is 2.10. The zero-order valence-corrected chi connectivity index (χ0v) is 17.8. The van der Waals surface area contributed by atoms with Crippen LogP contribution in [0.3, 0.4) is 0 Å². The number of hydrogen-bond acceptors (Lipinski definition) is 5. The predicted molar refractivity (Wildman–Crippen MR) is 121 cm³/mol. The lowest BCUT2D eigenvalue weighted by molar-refractivity contribution is -0.118. The molecule has 0 saturated carbocycles.